The van der Waals surface area contributed by atoms with Gasteiger partial charge in [0.1, 0.15) is 6.61 Å². The van der Waals surface area contributed by atoms with Crippen LogP contribution in [0, 0.1) is 5.82 Å². The Labute approximate surface area is 135 Å². The third-order valence-corrected chi connectivity index (χ3v) is 3.98. The molecule has 1 fully saturated rings. The molecule has 0 radical (unpaired) electrons. The van der Waals surface area contributed by atoms with Crippen LogP contribution in [0.3, 0.4) is 0 Å². The van der Waals surface area contributed by atoms with E-state index >= 15 is 0 Å². The number of rotatable bonds is 7. The van der Waals surface area contributed by atoms with Crippen molar-refractivity contribution >= 4 is 11.8 Å². The summed E-state index contributed by atoms with van der Waals surface area (Å²) < 4.78 is 18.7. The lowest BCUT2D eigenvalue weighted by molar-refractivity contribution is -0.132. The molecule has 2 rings (SSSR count). The molecule has 0 saturated carbocycles. The van der Waals surface area contributed by atoms with Crippen LogP contribution in [0.1, 0.15) is 12.8 Å². The predicted octanol–water partition coefficient (Wildman–Crippen LogP) is 0.613. The van der Waals surface area contributed by atoms with Crippen molar-refractivity contribution in [3.8, 4) is 5.75 Å². The van der Waals surface area contributed by atoms with E-state index in [9.17, 15) is 14.0 Å². The van der Waals surface area contributed by atoms with Crippen molar-refractivity contribution < 1.29 is 18.7 Å². The fourth-order valence-corrected chi connectivity index (χ4v) is 2.61. The number of nitrogens with zero attached hydrogens (tertiary/aromatic N) is 2. The molecular formula is C16H22FN3O3. The molecular weight excluding hydrogens is 301 g/mol. The second-order valence-corrected chi connectivity index (χ2v) is 5.63. The maximum absolute atomic E-state index is 13.4. The van der Waals surface area contributed by atoms with Gasteiger partial charge in [-0.2, -0.15) is 0 Å². The van der Waals surface area contributed by atoms with Crippen LogP contribution in [-0.4, -0.2) is 60.9 Å². The molecule has 2 amide bonds. The maximum Gasteiger partial charge on any atom is 0.236 e. The van der Waals surface area contributed by atoms with Crippen molar-refractivity contribution in [3.05, 3.63) is 30.1 Å². The van der Waals surface area contributed by atoms with E-state index in [1.807, 2.05) is 0 Å². The Bertz CT molecular complexity index is 567. The molecule has 0 spiro atoms. The molecule has 0 aliphatic carbocycles. The molecule has 1 saturated heterocycles. The summed E-state index contributed by atoms with van der Waals surface area (Å²) in [6.45, 7) is 1.38. The van der Waals surface area contributed by atoms with E-state index in [-0.39, 0.29) is 36.8 Å². The van der Waals surface area contributed by atoms with Crippen molar-refractivity contribution in [2.24, 2.45) is 5.73 Å². The third-order valence-electron chi connectivity index (χ3n) is 3.98. The quantitative estimate of drug-likeness (QED) is 0.798. The number of hydrogen-bond donors (Lipinski definition) is 1. The van der Waals surface area contributed by atoms with Crippen LogP contribution in [0.5, 0.6) is 5.75 Å². The van der Waals surface area contributed by atoms with Gasteiger partial charge in [-0.3, -0.25) is 14.5 Å². The summed E-state index contributed by atoms with van der Waals surface area (Å²) in [5.74, 6) is -0.763. The molecule has 1 aliphatic rings. The first kappa shape index (κ1) is 17.2. The van der Waals surface area contributed by atoms with Crippen LogP contribution in [-0.2, 0) is 9.59 Å². The highest BCUT2D eigenvalue weighted by molar-refractivity contribution is 5.82. The molecule has 1 atom stereocenters. The number of benzene rings is 1. The molecule has 23 heavy (non-hydrogen) atoms. The van der Waals surface area contributed by atoms with Crippen LogP contribution < -0.4 is 10.5 Å². The van der Waals surface area contributed by atoms with Crippen molar-refractivity contribution in [2.75, 3.05) is 33.3 Å². The maximum atomic E-state index is 13.4. The van der Waals surface area contributed by atoms with E-state index in [2.05, 4.69) is 0 Å². The summed E-state index contributed by atoms with van der Waals surface area (Å²) in [4.78, 5) is 26.8. The molecule has 0 aromatic heterocycles. The number of amides is 2. The molecule has 1 heterocycles. The topological polar surface area (TPSA) is 75.9 Å². The summed E-state index contributed by atoms with van der Waals surface area (Å²) in [5, 5.41) is 0. The lowest BCUT2D eigenvalue weighted by atomic mass is 10.2. The number of likely N-dealkylation sites (N-methyl/N-ethyl adjacent to an activating group) is 1. The van der Waals surface area contributed by atoms with Gasteiger partial charge in [0.2, 0.25) is 11.8 Å². The molecule has 1 aromatic carbocycles. The largest absolute Gasteiger partial charge is 0.489 e. The molecule has 2 N–H and O–H groups in total. The third kappa shape index (κ3) is 4.66. The zero-order valence-electron chi connectivity index (χ0n) is 13.2. The smallest absolute Gasteiger partial charge is 0.236 e. The van der Waals surface area contributed by atoms with Crippen molar-refractivity contribution in [3.63, 3.8) is 0 Å². The zero-order chi connectivity index (χ0) is 16.8. The number of carbonyl (C=O) groups is 2. The first-order valence-corrected chi connectivity index (χ1v) is 7.63. The van der Waals surface area contributed by atoms with E-state index in [4.69, 9.17) is 10.5 Å². The number of primary amides is 1. The van der Waals surface area contributed by atoms with Crippen LogP contribution in [0.4, 0.5) is 4.39 Å². The Hall–Kier alpha value is -2.15. The van der Waals surface area contributed by atoms with Gasteiger partial charge < -0.3 is 15.4 Å². The number of ether oxygens (including phenoxy) is 1. The van der Waals surface area contributed by atoms with E-state index in [1.165, 1.54) is 11.0 Å². The van der Waals surface area contributed by atoms with Gasteiger partial charge in [0.05, 0.1) is 19.1 Å². The second-order valence-electron chi connectivity index (χ2n) is 5.63. The summed E-state index contributed by atoms with van der Waals surface area (Å²) >= 11 is 0. The van der Waals surface area contributed by atoms with Gasteiger partial charge in [0.25, 0.3) is 0 Å². The Balaban J connectivity index is 1.77. The highest BCUT2D eigenvalue weighted by Gasteiger charge is 2.30. The van der Waals surface area contributed by atoms with Crippen LogP contribution in [0.2, 0.25) is 0 Å². The normalized spacial score (nSPS) is 17.9. The minimum absolute atomic E-state index is 0.115. The summed E-state index contributed by atoms with van der Waals surface area (Å²) in [6, 6.07) is 5.77. The van der Waals surface area contributed by atoms with E-state index in [0.29, 0.717) is 19.5 Å². The van der Waals surface area contributed by atoms with E-state index < -0.39 is 5.82 Å². The number of para-hydroxylation sites is 1. The number of halogens is 1. The monoisotopic (exact) mass is 323 g/mol. The van der Waals surface area contributed by atoms with Gasteiger partial charge in [0.15, 0.2) is 11.6 Å². The Morgan fingerprint density at radius 2 is 2.17 bits per heavy atom. The first-order chi connectivity index (χ1) is 11.0. The Kier molecular flexibility index (Phi) is 5.92. The molecule has 1 unspecified atom stereocenters. The molecule has 7 heteroatoms. The van der Waals surface area contributed by atoms with Crippen LogP contribution in [0.15, 0.2) is 24.3 Å². The van der Waals surface area contributed by atoms with Gasteiger partial charge >= 0.3 is 0 Å². The van der Waals surface area contributed by atoms with Crippen molar-refractivity contribution in [1.82, 2.24) is 9.80 Å². The fraction of sp³-hybridized carbons (Fsp3) is 0.500. The van der Waals surface area contributed by atoms with E-state index in [1.54, 1.807) is 30.1 Å². The summed E-state index contributed by atoms with van der Waals surface area (Å²) in [6.07, 6.45) is 1.56. The minimum Gasteiger partial charge on any atom is -0.489 e. The Morgan fingerprint density at radius 1 is 1.43 bits per heavy atom. The minimum atomic E-state index is -0.428. The first-order valence-electron chi connectivity index (χ1n) is 7.63. The number of nitrogens with two attached hydrogens (primary N) is 1. The Morgan fingerprint density at radius 3 is 2.87 bits per heavy atom. The SMILES string of the molecule is CN(CCOc1ccccc1F)C(=O)CN1CCCC1C(N)=O. The summed E-state index contributed by atoms with van der Waals surface area (Å²) in [5.41, 5.74) is 5.34. The molecule has 1 aromatic rings. The average molecular weight is 323 g/mol. The van der Waals surface area contributed by atoms with Crippen LogP contribution >= 0.6 is 0 Å². The highest BCUT2D eigenvalue weighted by atomic mass is 19.1. The van der Waals surface area contributed by atoms with Gasteiger partial charge in [-0.1, -0.05) is 12.1 Å². The van der Waals surface area contributed by atoms with Crippen LogP contribution in [0.25, 0.3) is 0 Å². The number of hydrogen-bond acceptors (Lipinski definition) is 4. The number of likely N-dealkylation sites (tertiary alicyclic amines) is 1. The van der Waals surface area contributed by atoms with Gasteiger partial charge in [-0.05, 0) is 31.5 Å². The molecule has 0 bridgehead atoms. The lowest BCUT2D eigenvalue weighted by Crippen LogP contribution is -2.46. The average Bonchev–Trinajstić information content (AvgIpc) is 2.97. The standard InChI is InChI=1S/C16H22FN3O3/c1-19(9-10-23-14-7-3-2-5-12(14)17)15(21)11-20-8-4-6-13(20)16(18)22/h2-3,5,7,13H,4,6,8-11H2,1H3,(H2,18,22). The second kappa shape index (κ2) is 7.92. The number of carbonyl (C=O) groups excluding carboxylic acids is 2. The van der Waals surface area contributed by atoms with Crippen molar-refractivity contribution in [1.29, 1.82) is 0 Å². The van der Waals surface area contributed by atoms with Gasteiger partial charge in [-0.25, -0.2) is 4.39 Å². The predicted molar refractivity (Wildman–Crippen MR) is 83.3 cm³/mol. The molecule has 6 nitrogen and oxygen atoms in total. The lowest BCUT2D eigenvalue weighted by Gasteiger charge is -2.24. The fourth-order valence-electron chi connectivity index (χ4n) is 2.61. The van der Waals surface area contributed by atoms with Crippen molar-refractivity contribution in [2.45, 2.75) is 18.9 Å². The highest BCUT2D eigenvalue weighted by Crippen LogP contribution is 2.17. The molecule has 1 aliphatic heterocycles. The van der Waals surface area contributed by atoms with Gasteiger partial charge in [-0.15, -0.1) is 0 Å². The van der Waals surface area contributed by atoms with E-state index in [0.717, 1.165) is 6.42 Å². The summed E-state index contributed by atoms with van der Waals surface area (Å²) in [7, 11) is 1.66. The zero-order valence-corrected chi connectivity index (χ0v) is 13.2. The molecule has 126 valence electrons. The van der Waals surface area contributed by atoms with Gasteiger partial charge in [0, 0.05) is 7.05 Å².